The minimum Gasteiger partial charge on any atom is -0.471 e. The van der Waals surface area contributed by atoms with Gasteiger partial charge < -0.3 is 20.4 Å². The number of ether oxygens (including phenoxy) is 1. The third-order valence-corrected chi connectivity index (χ3v) is 5.61. The van der Waals surface area contributed by atoms with Crippen molar-refractivity contribution in [2.24, 2.45) is 11.6 Å². The first-order valence-corrected chi connectivity index (χ1v) is 10.8. The molecule has 0 amide bonds. The maximum Gasteiger partial charge on any atom is 0.215 e. The summed E-state index contributed by atoms with van der Waals surface area (Å²) in [6, 6.07) is 9.58. The molecule has 1 aliphatic rings. The van der Waals surface area contributed by atoms with Crippen LogP contribution >= 0.6 is 0 Å². The first-order valence-electron chi connectivity index (χ1n) is 10.8. The SMILES string of the molecule is Cc1nc(/C(N)=C(\COc2cc(-n3cccn3)ccn2)N(C)N)ccc1N1CCCCC1. The smallest absolute Gasteiger partial charge is 0.215 e. The second kappa shape index (κ2) is 9.69. The second-order valence-electron chi connectivity index (χ2n) is 7.91. The van der Waals surface area contributed by atoms with Crippen molar-refractivity contribution in [2.75, 3.05) is 31.6 Å². The lowest BCUT2D eigenvalue weighted by Crippen LogP contribution is -2.32. The van der Waals surface area contributed by atoms with E-state index in [9.17, 15) is 0 Å². The molecule has 0 radical (unpaired) electrons. The van der Waals surface area contributed by atoms with Gasteiger partial charge in [0.2, 0.25) is 5.88 Å². The summed E-state index contributed by atoms with van der Waals surface area (Å²) in [6.45, 7) is 4.32. The van der Waals surface area contributed by atoms with Gasteiger partial charge in [-0.2, -0.15) is 5.10 Å². The number of nitrogens with two attached hydrogens (primary N) is 2. The zero-order valence-electron chi connectivity index (χ0n) is 18.6. The van der Waals surface area contributed by atoms with Crippen LogP contribution in [0.15, 0.2) is 54.6 Å². The predicted octanol–water partition coefficient (Wildman–Crippen LogP) is 2.47. The van der Waals surface area contributed by atoms with Crippen LogP contribution in [0.1, 0.15) is 30.7 Å². The molecule has 4 heterocycles. The summed E-state index contributed by atoms with van der Waals surface area (Å²) >= 11 is 0. The van der Waals surface area contributed by atoms with Crippen molar-refractivity contribution < 1.29 is 4.74 Å². The lowest BCUT2D eigenvalue weighted by molar-refractivity contribution is 0.287. The number of nitrogens with zero attached hydrogens (tertiary/aromatic N) is 6. The Labute approximate surface area is 188 Å². The Bertz CT molecular complexity index is 1070. The van der Waals surface area contributed by atoms with E-state index in [4.69, 9.17) is 21.3 Å². The fourth-order valence-corrected chi connectivity index (χ4v) is 3.87. The Kier molecular flexibility index (Phi) is 6.55. The molecule has 32 heavy (non-hydrogen) atoms. The highest BCUT2D eigenvalue weighted by Crippen LogP contribution is 2.25. The lowest BCUT2D eigenvalue weighted by Gasteiger charge is -2.30. The van der Waals surface area contributed by atoms with Crippen LogP contribution in [0, 0.1) is 6.92 Å². The lowest BCUT2D eigenvalue weighted by atomic mass is 10.1. The molecule has 1 saturated heterocycles. The summed E-state index contributed by atoms with van der Waals surface area (Å²) in [6.07, 6.45) is 8.99. The number of hydrogen-bond acceptors (Lipinski definition) is 8. The average molecular weight is 435 g/mol. The zero-order valence-corrected chi connectivity index (χ0v) is 18.6. The second-order valence-corrected chi connectivity index (χ2v) is 7.91. The highest BCUT2D eigenvalue weighted by molar-refractivity contribution is 5.65. The van der Waals surface area contributed by atoms with Gasteiger partial charge in [0.15, 0.2) is 0 Å². The molecule has 3 aromatic rings. The molecule has 1 fully saturated rings. The maximum atomic E-state index is 6.48. The van der Waals surface area contributed by atoms with E-state index < -0.39 is 0 Å². The van der Waals surface area contributed by atoms with E-state index in [-0.39, 0.29) is 6.61 Å². The Balaban J connectivity index is 1.53. The third kappa shape index (κ3) is 4.83. The molecule has 0 spiro atoms. The number of aryl methyl sites for hydroxylation is 1. The molecule has 9 heteroatoms. The number of hydrazine groups is 1. The topological polar surface area (TPSA) is 111 Å². The minimum atomic E-state index is 0.156. The van der Waals surface area contributed by atoms with Crippen molar-refractivity contribution in [3.63, 3.8) is 0 Å². The number of piperidine rings is 1. The molecule has 168 valence electrons. The fourth-order valence-electron chi connectivity index (χ4n) is 3.87. The molecule has 0 saturated carbocycles. The highest BCUT2D eigenvalue weighted by atomic mass is 16.5. The molecular formula is C23H30N8O. The van der Waals surface area contributed by atoms with E-state index in [0.717, 1.165) is 24.5 Å². The largest absolute Gasteiger partial charge is 0.471 e. The minimum absolute atomic E-state index is 0.156. The number of anilines is 1. The molecule has 0 atom stereocenters. The van der Waals surface area contributed by atoms with Crippen LogP contribution in [0.25, 0.3) is 11.4 Å². The van der Waals surface area contributed by atoms with Crippen molar-refractivity contribution in [1.82, 2.24) is 24.8 Å². The van der Waals surface area contributed by atoms with Crippen molar-refractivity contribution >= 4 is 11.4 Å². The quantitative estimate of drug-likeness (QED) is 0.431. The van der Waals surface area contributed by atoms with Gasteiger partial charge in [0, 0.05) is 44.8 Å². The van der Waals surface area contributed by atoms with Crippen molar-refractivity contribution in [2.45, 2.75) is 26.2 Å². The van der Waals surface area contributed by atoms with Crippen molar-refractivity contribution in [1.29, 1.82) is 0 Å². The molecule has 4 N–H and O–H groups in total. The van der Waals surface area contributed by atoms with Gasteiger partial charge in [0.25, 0.3) is 0 Å². The third-order valence-electron chi connectivity index (χ3n) is 5.61. The molecule has 0 aliphatic carbocycles. The maximum absolute atomic E-state index is 6.48. The first-order chi connectivity index (χ1) is 15.5. The Morgan fingerprint density at radius 2 is 1.97 bits per heavy atom. The molecule has 0 unspecified atom stereocenters. The number of pyridine rings is 2. The standard InChI is InChI=1S/C23H30N8O/c1-17-20(30-12-4-3-5-13-30)8-7-19(28-17)23(24)21(29(2)25)16-32-22-15-18(9-11-26-22)31-14-6-10-27-31/h6-11,14-15H,3-5,12-13,16,24-25H2,1-2H3/b23-21-. The Hall–Kier alpha value is -3.59. The average Bonchev–Trinajstić information content (AvgIpc) is 3.35. The van der Waals surface area contributed by atoms with Gasteiger partial charge in [0.1, 0.15) is 6.61 Å². The fraction of sp³-hybridized carbons (Fsp3) is 0.348. The number of rotatable bonds is 7. The molecule has 3 aromatic heterocycles. The molecule has 1 aliphatic heterocycles. The van der Waals surface area contributed by atoms with E-state index >= 15 is 0 Å². The van der Waals surface area contributed by atoms with E-state index in [1.54, 1.807) is 24.1 Å². The van der Waals surface area contributed by atoms with Gasteiger partial charge in [-0.15, -0.1) is 0 Å². The summed E-state index contributed by atoms with van der Waals surface area (Å²) in [4.78, 5) is 11.4. The van der Waals surface area contributed by atoms with Gasteiger partial charge in [-0.25, -0.2) is 20.5 Å². The van der Waals surface area contributed by atoms with Gasteiger partial charge >= 0.3 is 0 Å². The normalized spacial score (nSPS) is 14.8. The van der Waals surface area contributed by atoms with E-state index in [2.05, 4.69) is 21.0 Å². The predicted molar refractivity (Wildman–Crippen MR) is 125 cm³/mol. The monoisotopic (exact) mass is 434 g/mol. The number of likely N-dealkylation sites (N-methyl/N-ethyl adjacent to an activating group) is 1. The zero-order chi connectivity index (χ0) is 22.5. The first kappa shape index (κ1) is 21.6. The molecule has 0 aromatic carbocycles. The van der Waals surface area contributed by atoms with Gasteiger partial charge in [-0.3, -0.25) is 0 Å². The molecule has 9 nitrogen and oxygen atoms in total. The molecule has 0 bridgehead atoms. The highest BCUT2D eigenvalue weighted by Gasteiger charge is 2.17. The summed E-state index contributed by atoms with van der Waals surface area (Å²) < 4.78 is 7.65. The van der Waals surface area contributed by atoms with E-state index in [0.29, 0.717) is 23.0 Å². The van der Waals surface area contributed by atoms with Crippen LogP contribution in [0.4, 0.5) is 5.69 Å². The van der Waals surface area contributed by atoms with Crippen LogP contribution in [-0.4, -0.2) is 51.5 Å². The van der Waals surface area contributed by atoms with Gasteiger partial charge in [0.05, 0.1) is 34.2 Å². The van der Waals surface area contributed by atoms with Crippen LogP contribution in [0.3, 0.4) is 0 Å². The van der Waals surface area contributed by atoms with Gasteiger partial charge in [-0.1, -0.05) is 0 Å². The molecule has 4 rings (SSSR count). The van der Waals surface area contributed by atoms with Crippen LogP contribution in [0.5, 0.6) is 5.88 Å². The number of aromatic nitrogens is 4. The van der Waals surface area contributed by atoms with Crippen LogP contribution in [-0.2, 0) is 0 Å². The summed E-state index contributed by atoms with van der Waals surface area (Å²) in [5.74, 6) is 6.53. The van der Waals surface area contributed by atoms with Crippen LogP contribution in [0.2, 0.25) is 0 Å². The Morgan fingerprint density at radius 3 is 2.66 bits per heavy atom. The Morgan fingerprint density at radius 1 is 1.16 bits per heavy atom. The van der Waals surface area contributed by atoms with Gasteiger partial charge in [-0.05, 0) is 50.5 Å². The summed E-state index contributed by atoms with van der Waals surface area (Å²) in [5.41, 5.74) is 11.2. The number of hydrogen-bond donors (Lipinski definition) is 2. The van der Waals surface area contributed by atoms with Crippen molar-refractivity contribution in [3.8, 4) is 11.6 Å². The summed E-state index contributed by atoms with van der Waals surface area (Å²) in [5, 5.41) is 5.69. The molecular weight excluding hydrogens is 404 g/mol. The van der Waals surface area contributed by atoms with Crippen molar-refractivity contribution in [3.05, 3.63) is 66.0 Å². The van der Waals surface area contributed by atoms with E-state index in [1.165, 1.54) is 30.0 Å². The van der Waals surface area contributed by atoms with Crippen LogP contribution < -0.4 is 21.2 Å². The van der Waals surface area contributed by atoms with E-state index in [1.807, 2.05) is 37.4 Å². The summed E-state index contributed by atoms with van der Waals surface area (Å²) in [7, 11) is 1.73.